The topological polar surface area (TPSA) is 40.6 Å². The molecule has 0 bridgehead atoms. The number of halogens is 3. The van der Waals surface area contributed by atoms with E-state index in [1.54, 1.807) is 0 Å². The Morgan fingerprint density at radius 2 is 1.91 bits per heavy atom. The van der Waals surface area contributed by atoms with Crippen molar-refractivity contribution in [2.24, 2.45) is 0 Å². The van der Waals surface area contributed by atoms with Gasteiger partial charge in [0.15, 0.2) is 0 Å². The fourth-order valence-corrected chi connectivity index (χ4v) is 1.33. The molecule has 0 aliphatic carbocycles. The van der Waals surface area contributed by atoms with E-state index in [4.69, 9.17) is 0 Å². The molecule has 0 saturated carbocycles. The van der Waals surface area contributed by atoms with Crippen LogP contribution < -0.4 is 0 Å². The van der Waals surface area contributed by atoms with Crippen molar-refractivity contribution in [2.45, 2.75) is 0 Å². The first kappa shape index (κ1) is 8.39. The summed E-state index contributed by atoms with van der Waals surface area (Å²) < 4.78 is 45.6. The molecule has 1 saturated heterocycles. The smallest absolute Gasteiger partial charge is 0.245 e. The Balaban J connectivity index is 2.78. The third-order valence-corrected chi connectivity index (χ3v) is 2.15. The van der Waals surface area contributed by atoms with Gasteiger partial charge in [0, 0.05) is 0 Å². The molecule has 0 aromatic rings. The average Bonchev–Trinajstić information content (AvgIpc) is 2.11. The van der Waals surface area contributed by atoms with Crippen molar-refractivity contribution in [1.29, 1.82) is 0 Å². The van der Waals surface area contributed by atoms with Gasteiger partial charge in [-0.15, -0.1) is 8.39 Å². The van der Waals surface area contributed by atoms with Crippen LogP contribution in [0.2, 0.25) is 0 Å². The number of nitrogens with zero attached hydrogens (tertiary/aromatic N) is 2. The lowest BCUT2D eigenvalue weighted by Gasteiger charge is -2.10. The second-order valence-electron chi connectivity index (χ2n) is 1.93. The highest BCUT2D eigenvalue weighted by Gasteiger charge is 2.42. The Kier molecular flexibility index (Phi) is 1.83. The zero-order valence-electron chi connectivity index (χ0n) is 5.21. The van der Waals surface area contributed by atoms with Gasteiger partial charge in [-0.25, -0.2) is 14.0 Å². The van der Waals surface area contributed by atoms with Gasteiger partial charge >= 0.3 is 13.9 Å². The van der Waals surface area contributed by atoms with Crippen molar-refractivity contribution in [3.63, 3.8) is 0 Å². The van der Waals surface area contributed by atoms with Crippen LogP contribution in [0.4, 0.5) is 17.7 Å². The molecular weight excluding hydrogens is 184 g/mol. The van der Waals surface area contributed by atoms with Gasteiger partial charge in [-0.05, 0) is 0 Å². The maximum atomic E-state index is 12.1. The SMILES string of the molecule is O=C1N(F)CCN1P(=O)(F)F. The summed E-state index contributed by atoms with van der Waals surface area (Å²) in [6.45, 7) is -0.990. The van der Waals surface area contributed by atoms with Crippen LogP contribution in [0.5, 0.6) is 0 Å². The molecule has 0 aromatic heterocycles. The predicted molar refractivity (Wildman–Crippen MR) is 29.7 cm³/mol. The molecule has 0 aromatic carbocycles. The second kappa shape index (κ2) is 2.41. The highest BCUT2D eigenvalue weighted by Crippen LogP contribution is 2.54. The van der Waals surface area contributed by atoms with Crippen LogP contribution in [0, 0.1) is 0 Å². The lowest BCUT2D eigenvalue weighted by atomic mass is 10.7. The van der Waals surface area contributed by atoms with Crippen LogP contribution in [0.3, 0.4) is 0 Å². The molecule has 64 valence electrons. The van der Waals surface area contributed by atoms with Gasteiger partial charge in [0.1, 0.15) is 0 Å². The summed E-state index contributed by atoms with van der Waals surface area (Å²) in [4.78, 5) is 10.4. The average molecular weight is 188 g/mol. The highest BCUT2D eigenvalue weighted by molar-refractivity contribution is 7.51. The predicted octanol–water partition coefficient (Wildman–Crippen LogP) is 1.66. The Hall–Kier alpha value is -0.710. The van der Waals surface area contributed by atoms with E-state index in [2.05, 4.69) is 0 Å². The molecule has 1 aliphatic heterocycles. The first-order chi connectivity index (χ1) is 4.93. The van der Waals surface area contributed by atoms with E-state index in [9.17, 15) is 22.2 Å². The zero-order chi connectivity index (χ0) is 8.65. The van der Waals surface area contributed by atoms with Gasteiger partial charge in [0.25, 0.3) is 0 Å². The minimum absolute atomic E-state index is 0.257. The number of hydrogen-bond acceptors (Lipinski definition) is 2. The van der Waals surface area contributed by atoms with Crippen molar-refractivity contribution in [2.75, 3.05) is 13.1 Å². The normalized spacial score (nSPS) is 19.7. The molecule has 11 heavy (non-hydrogen) atoms. The first-order valence-electron chi connectivity index (χ1n) is 2.67. The van der Waals surface area contributed by atoms with E-state index >= 15 is 0 Å². The van der Waals surface area contributed by atoms with E-state index in [0.29, 0.717) is 0 Å². The summed E-state index contributed by atoms with van der Waals surface area (Å²) in [5.74, 6) is 0. The Bertz CT molecular complexity index is 229. The number of hydrogen-bond donors (Lipinski definition) is 0. The minimum Gasteiger partial charge on any atom is -0.245 e. The molecule has 2 amide bonds. The Morgan fingerprint density at radius 1 is 1.36 bits per heavy atom. The maximum Gasteiger partial charge on any atom is 0.514 e. The monoisotopic (exact) mass is 188 g/mol. The molecule has 1 heterocycles. The largest absolute Gasteiger partial charge is 0.514 e. The summed E-state index contributed by atoms with van der Waals surface area (Å²) in [7, 11) is -5.60. The Labute approximate surface area is 60.2 Å². The molecule has 8 heteroatoms. The third kappa shape index (κ3) is 1.48. The van der Waals surface area contributed by atoms with Gasteiger partial charge in [-0.1, -0.05) is 4.48 Å². The van der Waals surface area contributed by atoms with Gasteiger partial charge in [-0.3, -0.25) is 0 Å². The van der Waals surface area contributed by atoms with Crippen molar-refractivity contribution >= 4 is 13.9 Å². The number of carbonyl (C=O) groups excluding carboxylic acids is 1. The summed E-state index contributed by atoms with van der Waals surface area (Å²) in [6, 6.07) is -1.53. The van der Waals surface area contributed by atoms with Gasteiger partial charge in [0.05, 0.1) is 13.1 Å². The van der Waals surface area contributed by atoms with Crippen molar-refractivity contribution in [1.82, 2.24) is 9.79 Å². The van der Waals surface area contributed by atoms with E-state index in [-0.39, 0.29) is 4.67 Å². The Morgan fingerprint density at radius 3 is 2.09 bits per heavy atom. The standard InChI is InChI=1S/C3H4F3N2O2P/c4-7-1-2-8(3(7)9)11(5,6)10/h1-2H2. The molecular formula is C3H4F3N2O2P. The highest BCUT2D eigenvalue weighted by atomic mass is 31.2. The number of urea groups is 1. The fraction of sp³-hybridized carbons (Fsp3) is 0.667. The molecule has 4 nitrogen and oxygen atoms in total. The van der Waals surface area contributed by atoms with Gasteiger partial charge in [0.2, 0.25) is 0 Å². The number of rotatable bonds is 1. The number of carbonyl (C=O) groups is 1. The van der Waals surface area contributed by atoms with Crippen LogP contribution in [0.15, 0.2) is 0 Å². The molecule has 0 radical (unpaired) electrons. The summed E-state index contributed by atoms with van der Waals surface area (Å²) in [5, 5.41) is -0.397. The van der Waals surface area contributed by atoms with Crippen LogP contribution in [0.25, 0.3) is 0 Å². The summed E-state index contributed by atoms with van der Waals surface area (Å²) in [5.41, 5.74) is 0. The van der Waals surface area contributed by atoms with Gasteiger partial charge < -0.3 is 0 Å². The molecule has 0 spiro atoms. The van der Waals surface area contributed by atoms with Crippen molar-refractivity contribution in [3.05, 3.63) is 0 Å². The first-order valence-corrected chi connectivity index (χ1v) is 4.11. The third-order valence-electron chi connectivity index (χ3n) is 1.22. The molecule has 1 rings (SSSR count). The second-order valence-corrected chi connectivity index (χ2v) is 3.28. The molecule has 1 fully saturated rings. The minimum atomic E-state index is -5.60. The lowest BCUT2D eigenvalue weighted by Crippen LogP contribution is -2.22. The van der Waals surface area contributed by atoms with Gasteiger partial charge in [-0.2, -0.15) is 5.12 Å². The van der Waals surface area contributed by atoms with E-state index in [0.717, 1.165) is 0 Å². The van der Waals surface area contributed by atoms with E-state index in [1.165, 1.54) is 0 Å². The lowest BCUT2D eigenvalue weighted by molar-refractivity contribution is 0.0885. The molecule has 0 N–H and O–H groups in total. The van der Waals surface area contributed by atoms with Crippen molar-refractivity contribution in [3.8, 4) is 0 Å². The maximum absolute atomic E-state index is 12.1. The van der Waals surface area contributed by atoms with Crippen LogP contribution in [0.1, 0.15) is 0 Å². The zero-order valence-corrected chi connectivity index (χ0v) is 6.10. The quantitative estimate of drug-likeness (QED) is 0.463. The van der Waals surface area contributed by atoms with Crippen molar-refractivity contribution < 1.29 is 22.2 Å². The summed E-state index contributed by atoms with van der Waals surface area (Å²) in [6.07, 6.45) is 0. The summed E-state index contributed by atoms with van der Waals surface area (Å²) >= 11 is 0. The molecule has 0 atom stereocenters. The molecule has 1 aliphatic rings. The fourth-order valence-electron chi connectivity index (χ4n) is 0.715. The number of amides is 2. The van der Waals surface area contributed by atoms with Crippen LogP contribution in [-0.2, 0) is 4.57 Å². The van der Waals surface area contributed by atoms with Crippen LogP contribution in [-0.4, -0.2) is 28.9 Å². The van der Waals surface area contributed by atoms with Crippen LogP contribution >= 0.6 is 7.91 Å². The van der Waals surface area contributed by atoms with E-state index < -0.39 is 32.2 Å². The molecule has 0 unspecified atom stereocenters. The van der Waals surface area contributed by atoms with E-state index in [1.807, 2.05) is 0 Å².